The molecule has 0 unspecified atom stereocenters. The third-order valence-electron chi connectivity index (χ3n) is 2.67. The maximum Gasteiger partial charge on any atom is 0.0843 e. The lowest BCUT2D eigenvalue weighted by atomic mass is 9.94. The zero-order valence-corrected chi connectivity index (χ0v) is 9.22. The predicted molar refractivity (Wildman–Crippen MR) is 65.9 cm³/mol. The zero-order chi connectivity index (χ0) is 11.4. The highest BCUT2D eigenvalue weighted by Crippen LogP contribution is 2.18. The van der Waals surface area contributed by atoms with Crippen LogP contribution < -0.4 is 0 Å². The molecule has 0 saturated carbocycles. The molecule has 1 heterocycles. The molecule has 16 heavy (non-hydrogen) atoms. The number of pyridine rings is 1. The topological polar surface area (TPSA) is 36.7 Å². The quantitative estimate of drug-likeness (QED) is 0.776. The van der Waals surface area contributed by atoms with Crippen LogP contribution in [0.4, 0.5) is 0 Å². The van der Waals surface area contributed by atoms with Gasteiger partial charge in [-0.3, -0.25) is 4.98 Å². The minimum Gasteiger partial charge on any atom is -0.302 e. The van der Waals surface area contributed by atoms with Gasteiger partial charge in [-0.05, 0) is 17.7 Å². The maximum absolute atomic E-state index is 8.11. The summed E-state index contributed by atoms with van der Waals surface area (Å²) in [6.07, 6.45) is 1.72. The normalized spacial score (nSPS) is 12.1. The molecule has 0 spiro atoms. The Morgan fingerprint density at radius 2 is 1.75 bits per heavy atom. The highest BCUT2D eigenvalue weighted by molar-refractivity contribution is 6.01. The fraction of sp³-hybridized carbons (Fsp3) is 0.143. The van der Waals surface area contributed by atoms with Gasteiger partial charge in [0.15, 0.2) is 0 Å². The van der Waals surface area contributed by atoms with E-state index in [2.05, 4.69) is 4.98 Å². The van der Waals surface area contributed by atoms with Crippen LogP contribution in [0.1, 0.15) is 24.1 Å². The number of hydrogen-bond acceptors (Lipinski definition) is 2. The summed E-state index contributed by atoms with van der Waals surface area (Å²) < 4.78 is 0. The lowest BCUT2D eigenvalue weighted by Crippen LogP contribution is -2.10. The van der Waals surface area contributed by atoms with Crippen molar-refractivity contribution in [2.45, 2.75) is 12.8 Å². The van der Waals surface area contributed by atoms with E-state index in [0.29, 0.717) is 5.71 Å². The molecule has 0 aliphatic heterocycles. The molecule has 0 aliphatic rings. The maximum atomic E-state index is 8.11. The molecule has 0 bridgehead atoms. The second-order valence-corrected chi connectivity index (χ2v) is 3.76. The van der Waals surface area contributed by atoms with Gasteiger partial charge in [-0.15, -0.1) is 0 Å². The first-order chi connectivity index (χ1) is 7.79. The third-order valence-corrected chi connectivity index (χ3v) is 2.67. The van der Waals surface area contributed by atoms with Gasteiger partial charge in [-0.25, -0.2) is 0 Å². The first kappa shape index (κ1) is 10.6. The number of benzene rings is 1. The minimum atomic E-state index is 0.0797. The Hall–Kier alpha value is -1.96. The summed E-state index contributed by atoms with van der Waals surface area (Å²) in [6, 6.07) is 15.7. The fourth-order valence-corrected chi connectivity index (χ4v) is 1.65. The van der Waals surface area contributed by atoms with Gasteiger partial charge in [0.2, 0.25) is 0 Å². The molecule has 1 atom stereocenters. The highest BCUT2D eigenvalue weighted by Gasteiger charge is 2.13. The van der Waals surface area contributed by atoms with E-state index in [-0.39, 0.29) is 5.92 Å². The smallest absolute Gasteiger partial charge is 0.0843 e. The summed E-state index contributed by atoms with van der Waals surface area (Å²) in [7, 11) is 0. The Kier molecular flexibility index (Phi) is 3.10. The number of hydrogen-bond donors (Lipinski definition) is 1. The summed E-state index contributed by atoms with van der Waals surface area (Å²) in [5.41, 5.74) is 2.46. The second kappa shape index (κ2) is 4.71. The van der Waals surface area contributed by atoms with E-state index in [4.69, 9.17) is 5.41 Å². The van der Waals surface area contributed by atoms with E-state index >= 15 is 0 Å². The number of aromatic nitrogens is 1. The van der Waals surface area contributed by atoms with Gasteiger partial charge in [-0.1, -0.05) is 43.3 Å². The number of rotatable bonds is 3. The van der Waals surface area contributed by atoms with Gasteiger partial charge in [0, 0.05) is 12.1 Å². The van der Waals surface area contributed by atoms with Crippen LogP contribution in [0.5, 0.6) is 0 Å². The molecule has 0 radical (unpaired) electrons. The lowest BCUT2D eigenvalue weighted by molar-refractivity contribution is 0.997. The molecular weight excluding hydrogens is 196 g/mol. The van der Waals surface area contributed by atoms with E-state index < -0.39 is 0 Å². The van der Waals surface area contributed by atoms with Crippen LogP contribution in [-0.2, 0) is 0 Å². The summed E-state index contributed by atoms with van der Waals surface area (Å²) >= 11 is 0. The molecule has 1 N–H and O–H groups in total. The van der Waals surface area contributed by atoms with Crippen molar-refractivity contribution in [2.75, 3.05) is 0 Å². The van der Waals surface area contributed by atoms with Gasteiger partial charge in [0.05, 0.1) is 11.4 Å². The minimum absolute atomic E-state index is 0.0797. The molecule has 80 valence electrons. The van der Waals surface area contributed by atoms with Crippen LogP contribution in [0, 0.1) is 5.41 Å². The molecule has 2 nitrogen and oxygen atoms in total. The van der Waals surface area contributed by atoms with Crippen molar-refractivity contribution in [1.29, 1.82) is 5.41 Å². The van der Waals surface area contributed by atoms with Gasteiger partial charge < -0.3 is 5.41 Å². The molecule has 0 amide bonds. The lowest BCUT2D eigenvalue weighted by Gasteiger charge is -2.12. The summed E-state index contributed by atoms with van der Waals surface area (Å²) in [4.78, 5) is 4.20. The Bertz CT molecular complexity index is 463. The van der Waals surface area contributed by atoms with E-state index in [9.17, 15) is 0 Å². The highest BCUT2D eigenvalue weighted by atomic mass is 14.7. The van der Waals surface area contributed by atoms with Gasteiger partial charge in [-0.2, -0.15) is 0 Å². The molecule has 2 aromatic rings. The van der Waals surface area contributed by atoms with E-state index in [0.717, 1.165) is 11.3 Å². The Morgan fingerprint density at radius 1 is 1.06 bits per heavy atom. The average Bonchev–Trinajstić information content (AvgIpc) is 2.39. The van der Waals surface area contributed by atoms with Crippen LogP contribution in [0.3, 0.4) is 0 Å². The number of nitrogens with one attached hydrogen (secondary N) is 1. The SMILES string of the molecule is C[C@H](C(=N)c1ccccn1)c1ccccc1. The van der Waals surface area contributed by atoms with E-state index in [1.807, 2.05) is 55.5 Å². The molecular formula is C14H14N2. The Morgan fingerprint density at radius 3 is 2.38 bits per heavy atom. The van der Waals surface area contributed by atoms with Gasteiger partial charge in [0.25, 0.3) is 0 Å². The molecule has 0 aliphatic carbocycles. The van der Waals surface area contributed by atoms with Crippen molar-refractivity contribution < 1.29 is 0 Å². The van der Waals surface area contributed by atoms with E-state index in [1.54, 1.807) is 6.20 Å². The van der Waals surface area contributed by atoms with Crippen molar-refractivity contribution in [1.82, 2.24) is 4.98 Å². The van der Waals surface area contributed by atoms with Crippen LogP contribution >= 0.6 is 0 Å². The Labute approximate surface area is 95.5 Å². The molecule has 1 aromatic heterocycles. The Balaban J connectivity index is 2.24. The third kappa shape index (κ3) is 2.16. The van der Waals surface area contributed by atoms with Crippen LogP contribution in [0.25, 0.3) is 0 Å². The van der Waals surface area contributed by atoms with Crippen molar-refractivity contribution in [2.24, 2.45) is 0 Å². The standard InChI is InChI=1S/C14H14N2/c1-11(12-7-3-2-4-8-12)14(15)13-9-5-6-10-16-13/h2-11,15H,1H3/t11-/m0/s1. The monoisotopic (exact) mass is 210 g/mol. The number of nitrogens with zero attached hydrogens (tertiary/aromatic N) is 1. The van der Waals surface area contributed by atoms with E-state index in [1.165, 1.54) is 0 Å². The van der Waals surface area contributed by atoms with Crippen molar-refractivity contribution in [3.8, 4) is 0 Å². The summed E-state index contributed by atoms with van der Waals surface area (Å²) in [5, 5.41) is 8.11. The van der Waals surface area contributed by atoms with Gasteiger partial charge in [0.1, 0.15) is 0 Å². The second-order valence-electron chi connectivity index (χ2n) is 3.76. The van der Waals surface area contributed by atoms with Crippen LogP contribution in [-0.4, -0.2) is 10.7 Å². The van der Waals surface area contributed by atoms with Crippen LogP contribution in [0.2, 0.25) is 0 Å². The fourth-order valence-electron chi connectivity index (χ4n) is 1.65. The predicted octanol–water partition coefficient (Wildman–Crippen LogP) is 3.25. The van der Waals surface area contributed by atoms with Crippen molar-refractivity contribution in [3.05, 3.63) is 66.0 Å². The van der Waals surface area contributed by atoms with Crippen molar-refractivity contribution in [3.63, 3.8) is 0 Å². The average molecular weight is 210 g/mol. The van der Waals surface area contributed by atoms with Crippen molar-refractivity contribution >= 4 is 5.71 Å². The first-order valence-electron chi connectivity index (χ1n) is 5.34. The molecule has 2 heteroatoms. The first-order valence-corrected chi connectivity index (χ1v) is 5.34. The van der Waals surface area contributed by atoms with Crippen LogP contribution in [0.15, 0.2) is 54.7 Å². The zero-order valence-electron chi connectivity index (χ0n) is 9.22. The molecule has 2 rings (SSSR count). The molecule has 1 aromatic carbocycles. The largest absolute Gasteiger partial charge is 0.302 e. The summed E-state index contributed by atoms with van der Waals surface area (Å²) in [6.45, 7) is 2.03. The van der Waals surface area contributed by atoms with Gasteiger partial charge >= 0.3 is 0 Å². The summed E-state index contributed by atoms with van der Waals surface area (Å²) in [5.74, 6) is 0.0797. The molecule has 0 fully saturated rings. The molecule has 0 saturated heterocycles.